The molecule has 3 aromatic rings. The number of amides is 2. The minimum absolute atomic E-state index is 0.0404. The number of nitrogens with zero attached hydrogens (tertiary/aromatic N) is 2. The van der Waals surface area contributed by atoms with Crippen LogP contribution in [-0.4, -0.2) is 39.4 Å². The molecule has 3 aromatic carbocycles. The van der Waals surface area contributed by atoms with E-state index in [0.717, 1.165) is 17.9 Å². The van der Waals surface area contributed by atoms with E-state index in [4.69, 9.17) is 14.2 Å². The van der Waals surface area contributed by atoms with E-state index in [1.54, 1.807) is 23.9 Å². The van der Waals surface area contributed by atoms with E-state index in [-0.39, 0.29) is 12.1 Å². The minimum atomic E-state index is -0.155. The number of carbonyl (C=O) groups excluding carboxylic acids is 1. The zero-order chi connectivity index (χ0) is 21.6. The molecule has 4 rings (SSSR count). The highest BCUT2D eigenvalue weighted by atomic mass is 16.6. The lowest BCUT2D eigenvalue weighted by Crippen LogP contribution is -2.38. The maximum atomic E-state index is 13.0. The van der Waals surface area contributed by atoms with Crippen molar-refractivity contribution in [3.8, 4) is 17.2 Å². The van der Waals surface area contributed by atoms with Gasteiger partial charge < -0.3 is 14.2 Å². The Morgan fingerprint density at radius 3 is 2.23 bits per heavy atom. The van der Waals surface area contributed by atoms with Gasteiger partial charge in [-0.15, -0.1) is 0 Å². The molecule has 1 saturated heterocycles. The van der Waals surface area contributed by atoms with Gasteiger partial charge in [0.1, 0.15) is 11.9 Å². The van der Waals surface area contributed by atoms with Crippen LogP contribution >= 0.6 is 0 Å². The van der Waals surface area contributed by atoms with E-state index in [1.807, 2.05) is 78.9 Å². The van der Waals surface area contributed by atoms with Crippen molar-refractivity contribution in [2.24, 2.45) is 0 Å². The molecule has 6 heteroatoms. The Morgan fingerprint density at radius 2 is 1.55 bits per heavy atom. The van der Waals surface area contributed by atoms with Crippen molar-refractivity contribution in [1.82, 2.24) is 0 Å². The van der Waals surface area contributed by atoms with Gasteiger partial charge in [-0.1, -0.05) is 36.4 Å². The standard InChI is InChI=1S/C25H26N2O4/c1-26(19-9-5-3-6-10-19)25(28)27(2)20-13-14-23(30-21-11-7-4-8-12-21)24(17-20)31-22-15-16-29-18-22/h3-14,17,22H,15-16,18H2,1-2H3. The van der Waals surface area contributed by atoms with Gasteiger partial charge in [0.2, 0.25) is 0 Å². The molecule has 31 heavy (non-hydrogen) atoms. The monoisotopic (exact) mass is 418 g/mol. The Balaban J connectivity index is 1.59. The summed E-state index contributed by atoms with van der Waals surface area (Å²) in [7, 11) is 3.51. The van der Waals surface area contributed by atoms with Gasteiger partial charge in [-0.2, -0.15) is 0 Å². The smallest absolute Gasteiger partial charge is 0.328 e. The van der Waals surface area contributed by atoms with Gasteiger partial charge in [-0.25, -0.2) is 4.79 Å². The number of urea groups is 1. The Bertz CT molecular complexity index is 1000. The lowest BCUT2D eigenvalue weighted by molar-refractivity contribution is 0.139. The Kier molecular flexibility index (Phi) is 6.38. The van der Waals surface area contributed by atoms with Gasteiger partial charge >= 0.3 is 6.03 Å². The van der Waals surface area contributed by atoms with Crippen LogP contribution in [0.15, 0.2) is 78.9 Å². The highest BCUT2D eigenvalue weighted by Gasteiger charge is 2.22. The predicted octanol–water partition coefficient (Wildman–Crippen LogP) is 5.34. The zero-order valence-electron chi connectivity index (χ0n) is 17.7. The van der Waals surface area contributed by atoms with Gasteiger partial charge in [-0.05, 0) is 36.4 Å². The first kappa shape index (κ1) is 20.8. The summed E-state index contributed by atoms with van der Waals surface area (Å²) in [5.41, 5.74) is 1.53. The molecule has 0 radical (unpaired) electrons. The van der Waals surface area contributed by atoms with Crippen LogP contribution in [-0.2, 0) is 4.74 Å². The first-order valence-corrected chi connectivity index (χ1v) is 10.3. The second-order valence-electron chi connectivity index (χ2n) is 7.39. The van der Waals surface area contributed by atoms with Gasteiger partial charge in [0.15, 0.2) is 11.5 Å². The first-order valence-electron chi connectivity index (χ1n) is 10.3. The largest absolute Gasteiger partial charge is 0.484 e. The first-order chi connectivity index (χ1) is 15.1. The Hall–Kier alpha value is -3.51. The molecule has 0 aromatic heterocycles. The third kappa shape index (κ3) is 4.98. The number of benzene rings is 3. The van der Waals surface area contributed by atoms with Crippen LogP contribution < -0.4 is 19.3 Å². The third-order valence-electron chi connectivity index (χ3n) is 5.18. The molecule has 0 aliphatic carbocycles. The van der Waals surface area contributed by atoms with Crippen LogP contribution in [0.25, 0.3) is 0 Å². The maximum Gasteiger partial charge on any atom is 0.328 e. The SMILES string of the molecule is CN(C(=O)N(C)c1ccc(Oc2ccccc2)c(OC2CCOC2)c1)c1ccccc1. The zero-order valence-corrected chi connectivity index (χ0v) is 17.7. The van der Waals surface area contributed by atoms with Crippen molar-refractivity contribution in [2.45, 2.75) is 12.5 Å². The Labute approximate surface area is 182 Å². The van der Waals surface area contributed by atoms with E-state index in [1.165, 1.54) is 0 Å². The van der Waals surface area contributed by atoms with Crippen molar-refractivity contribution < 1.29 is 19.0 Å². The van der Waals surface area contributed by atoms with Crippen LogP contribution in [0.5, 0.6) is 17.2 Å². The summed E-state index contributed by atoms with van der Waals surface area (Å²) < 4.78 is 17.7. The number of carbonyl (C=O) groups is 1. The number of rotatable bonds is 6. The molecule has 0 spiro atoms. The summed E-state index contributed by atoms with van der Waals surface area (Å²) in [4.78, 5) is 16.2. The highest BCUT2D eigenvalue weighted by molar-refractivity contribution is 6.02. The molecule has 1 heterocycles. The maximum absolute atomic E-state index is 13.0. The van der Waals surface area contributed by atoms with Gasteiger partial charge in [0.05, 0.1) is 13.2 Å². The quantitative estimate of drug-likeness (QED) is 0.542. The van der Waals surface area contributed by atoms with Crippen molar-refractivity contribution in [2.75, 3.05) is 37.1 Å². The molecule has 0 bridgehead atoms. The van der Waals surface area contributed by atoms with Crippen molar-refractivity contribution >= 4 is 17.4 Å². The molecule has 1 fully saturated rings. The summed E-state index contributed by atoms with van der Waals surface area (Å²) in [5.74, 6) is 1.90. The van der Waals surface area contributed by atoms with Crippen LogP contribution in [0.3, 0.4) is 0 Å². The molecule has 0 saturated carbocycles. The fourth-order valence-electron chi connectivity index (χ4n) is 3.38. The lowest BCUT2D eigenvalue weighted by atomic mass is 10.2. The third-order valence-corrected chi connectivity index (χ3v) is 5.18. The summed E-state index contributed by atoms with van der Waals surface area (Å²) in [6.45, 7) is 1.22. The average Bonchev–Trinajstić information content (AvgIpc) is 3.33. The lowest BCUT2D eigenvalue weighted by Gasteiger charge is -2.26. The fourth-order valence-corrected chi connectivity index (χ4v) is 3.38. The number of hydrogen-bond donors (Lipinski definition) is 0. The van der Waals surface area contributed by atoms with E-state index < -0.39 is 0 Å². The molecular formula is C25H26N2O4. The fraction of sp³-hybridized carbons (Fsp3) is 0.240. The van der Waals surface area contributed by atoms with E-state index in [0.29, 0.717) is 30.4 Å². The number of para-hydroxylation sites is 2. The van der Waals surface area contributed by atoms with Crippen molar-refractivity contribution in [3.05, 3.63) is 78.9 Å². The summed E-state index contributed by atoms with van der Waals surface area (Å²) in [6, 6.07) is 24.5. The second kappa shape index (κ2) is 9.53. The number of hydrogen-bond acceptors (Lipinski definition) is 4. The summed E-state index contributed by atoms with van der Waals surface area (Å²) in [6.07, 6.45) is 0.780. The summed E-state index contributed by atoms with van der Waals surface area (Å²) in [5, 5.41) is 0. The molecule has 1 aliphatic heterocycles. The van der Waals surface area contributed by atoms with E-state index in [2.05, 4.69) is 0 Å². The minimum Gasteiger partial charge on any atom is -0.484 e. The van der Waals surface area contributed by atoms with Crippen LogP contribution in [0.1, 0.15) is 6.42 Å². The molecule has 1 aliphatic rings. The molecule has 2 amide bonds. The van der Waals surface area contributed by atoms with E-state index in [9.17, 15) is 4.79 Å². The molecule has 160 valence electrons. The number of anilines is 2. The summed E-state index contributed by atoms with van der Waals surface area (Å²) >= 11 is 0. The van der Waals surface area contributed by atoms with Crippen molar-refractivity contribution in [3.63, 3.8) is 0 Å². The van der Waals surface area contributed by atoms with Gasteiger partial charge in [0.25, 0.3) is 0 Å². The van der Waals surface area contributed by atoms with Crippen LogP contribution in [0, 0.1) is 0 Å². The topological polar surface area (TPSA) is 51.2 Å². The second-order valence-corrected chi connectivity index (χ2v) is 7.39. The average molecular weight is 418 g/mol. The van der Waals surface area contributed by atoms with Crippen LogP contribution in [0.2, 0.25) is 0 Å². The Morgan fingerprint density at radius 1 is 0.871 bits per heavy atom. The predicted molar refractivity (Wildman–Crippen MR) is 121 cm³/mol. The van der Waals surface area contributed by atoms with Crippen molar-refractivity contribution in [1.29, 1.82) is 0 Å². The van der Waals surface area contributed by atoms with Gasteiger partial charge in [-0.3, -0.25) is 9.80 Å². The van der Waals surface area contributed by atoms with E-state index >= 15 is 0 Å². The highest BCUT2D eigenvalue weighted by Crippen LogP contribution is 2.36. The normalized spacial score (nSPS) is 15.4. The number of ether oxygens (including phenoxy) is 3. The molecule has 6 nitrogen and oxygen atoms in total. The molecule has 1 atom stereocenters. The molecular weight excluding hydrogens is 392 g/mol. The molecule has 1 unspecified atom stereocenters. The van der Waals surface area contributed by atoms with Crippen LogP contribution in [0.4, 0.5) is 16.2 Å². The molecule has 0 N–H and O–H groups in total. The van der Waals surface area contributed by atoms with Gasteiger partial charge in [0, 0.05) is 38.0 Å².